The Labute approximate surface area is 177 Å². The molecule has 1 aliphatic rings. The fraction of sp³-hybridized carbons (Fsp3) is 0.273. The van der Waals surface area contributed by atoms with Crippen molar-refractivity contribution in [2.45, 2.75) is 18.9 Å². The predicted molar refractivity (Wildman–Crippen MR) is 111 cm³/mol. The second-order valence-corrected chi connectivity index (χ2v) is 7.28. The number of hydrogen-bond donors (Lipinski definition) is 1. The number of carbonyl (C=O) groups is 1. The summed E-state index contributed by atoms with van der Waals surface area (Å²) in [6, 6.07) is 11.4. The average Bonchev–Trinajstić information content (AvgIpc) is 3.28. The van der Waals surface area contributed by atoms with Crippen molar-refractivity contribution in [3.63, 3.8) is 0 Å². The maximum absolute atomic E-state index is 14.4. The van der Waals surface area contributed by atoms with Crippen LogP contribution < -0.4 is 15.6 Å². The van der Waals surface area contributed by atoms with Gasteiger partial charge in [0, 0.05) is 18.5 Å². The number of para-hydroxylation sites is 1. The molecule has 2 aromatic carbocycles. The molecule has 6 nitrogen and oxygen atoms in total. The third-order valence-corrected chi connectivity index (χ3v) is 5.16. The lowest BCUT2D eigenvalue weighted by Crippen LogP contribution is -2.34. The largest absolute Gasteiger partial charge is 0.493 e. The number of amides is 1. The molecule has 8 heteroatoms. The van der Waals surface area contributed by atoms with Crippen LogP contribution in [0.25, 0.3) is 11.0 Å². The van der Waals surface area contributed by atoms with Crippen LogP contribution in [0.4, 0.5) is 10.1 Å². The maximum Gasteiger partial charge on any atom is 0.256 e. The van der Waals surface area contributed by atoms with Crippen LogP contribution in [0.5, 0.6) is 5.75 Å². The highest BCUT2D eigenvalue weighted by molar-refractivity contribution is 6.31. The molecule has 0 bridgehead atoms. The second-order valence-electron chi connectivity index (χ2n) is 6.87. The van der Waals surface area contributed by atoms with Crippen molar-refractivity contribution in [1.29, 1.82) is 0 Å². The highest BCUT2D eigenvalue weighted by Gasteiger charge is 2.19. The molecule has 2 heterocycles. The van der Waals surface area contributed by atoms with Gasteiger partial charge in [-0.25, -0.2) is 9.38 Å². The molecule has 1 saturated heterocycles. The zero-order valence-corrected chi connectivity index (χ0v) is 17.0. The monoisotopic (exact) mass is 430 g/mol. The summed E-state index contributed by atoms with van der Waals surface area (Å²) in [7, 11) is 1.51. The molecular weight excluding hydrogens is 411 g/mol. The lowest BCUT2D eigenvalue weighted by atomic mass is 10.1. The summed E-state index contributed by atoms with van der Waals surface area (Å²) in [5, 5.41) is 3.44. The van der Waals surface area contributed by atoms with Crippen molar-refractivity contribution >= 4 is 34.2 Å². The Morgan fingerprint density at radius 2 is 2.17 bits per heavy atom. The first kappa shape index (κ1) is 20.4. The summed E-state index contributed by atoms with van der Waals surface area (Å²) in [5.41, 5.74) is 0.497. The Morgan fingerprint density at radius 3 is 2.93 bits per heavy atom. The first-order chi connectivity index (χ1) is 14.6. The Kier molecular flexibility index (Phi) is 6.01. The fourth-order valence-electron chi connectivity index (χ4n) is 3.33. The Morgan fingerprint density at radius 1 is 1.33 bits per heavy atom. The molecule has 1 aromatic heterocycles. The molecule has 1 N–H and O–H groups in total. The van der Waals surface area contributed by atoms with Gasteiger partial charge in [-0.05, 0) is 37.1 Å². The molecule has 0 radical (unpaired) electrons. The lowest BCUT2D eigenvalue weighted by Gasteiger charge is -2.12. The van der Waals surface area contributed by atoms with Crippen molar-refractivity contribution in [3.8, 4) is 5.75 Å². The molecule has 0 saturated carbocycles. The maximum atomic E-state index is 14.4. The minimum absolute atomic E-state index is 0.0165. The summed E-state index contributed by atoms with van der Waals surface area (Å²) in [4.78, 5) is 17.2. The first-order valence-electron chi connectivity index (χ1n) is 9.56. The van der Waals surface area contributed by atoms with E-state index in [-0.39, 0.29) is 33.8 Å². The smallest absolute Gasteiger partial charge is 0.256 e. The van der Waals surface area contributed by atoms with E-state index in [4.69, 9.17) is 25.5 Å². The van der Waals surface area contributed by atoms with Crippen molar-refractivity contribution in [3.05, 3.63) is 64.4 Å². The molecule has 3 aromatic rings. The number of ether oxygens (including phenoxy) is 2. The third-order valence-electron chi connectivity index (χ3n) is 4.87. The summed E-state index contributed by atoms with van der Waals surface area (Å²) in [5.74, 6) is -0.609. The Hall–Kier alpha value is -2.90. The number of benzene rings is 2. The van der Waals surface area contributed by atoms with E-state index in [2.05, 4.69) is 10.3 Å². The van der Waals surface area contributed by atoms with Crippen LogP contribution >= 0.6 is 11.6 Å². The number of rotatable bonds is 5. The normalized spacial score (nSPS) is 16.8. The zero-order chi connectivity index (χ0) is 21.1. The van der Waals surface area contributed by atoms with Crippen LogP contribution in [-0.2, 0) is 4.74 Å². The lowest BCUT2D eigenvalue weighted by molar-refractivity contribution is 0.0854. The number of hydrogen-bond acceptors (Lipinski definition) is 5. The van der Waals surface area contributed by atoms with E-state index in [1.165, 1.54) is 19.2 Å². The van der Waals surface area contributed by atoms with Crippen LogP contribution in [0.3, 0.4) is 0 Å². The van der Waals surface area contributed by atoms with Crippen LogP contribution in [-0.4, -0.2) is 32.3 Å². The van der Waals surface area contributed by atoms with E-state index in [1.54, 1.807) is 30.3 Å². The van der Waals surface area contributed by atoms with Gasteiger partial charge >= 0.3 is 0 Å². The molecule has 0 unspecified atom stereocenters. The van der Waals surface area contributed by atoms with Gasteiger partial charge in [-0.15, -0.1) is 0 Å². The SMILES string of the molecule is COc1cccc2cc(C(=O)NC[C@@H]3CCCO3)c(=Nc3cccc(Cl)c3F)oc12. The number of nitrogens with zero attached hydrogens (tertiary/aromatic N) is 1. The third kappa shape index (κ3) is 4.17. The van der Waals surface area contributed by atoms with Crippen LogP contribution in [0.1, 0.15) is 23.2 Å². The average molecular weight is 431 g/mol. The van der Waals surface area contributed by atoms with E-state index in [0.29, 0.717) is 29.9 Å². The predicted octanol–water partition coefficient (Wildman–Crippen LogP) is 4.38. The van der Waals surface area contributed by atoms with Crippen LogP contribution in [0, 0.1) is 5.82 Å². The summed E-state index contributed by atoms with van der Waals surface area (Å²) in [6.45, 7) is 1.07. The van der Waals surface area contributed by atoms with E-state index in [1.807, 2.05) is 0 Å². The van der Waals surface area contributed by atoms with Gasteiger partial charge in [0.2, 0.25) is 5.55 Å². The Balaban J connectivity index is 1.82. The van der Waals surface area contributed by atoms with Gasteiger partial charge in [0.05, 0.1) is 18.2 Å². The van der Waals surface area contributed by atoms with Gasteiger partial charge in [-0.1, -0.05) is 29.8 Å². The van der Waals surface area contributed by atoms with Crippen LogP contribution in [0.15, 0.2) is 51.9 Å². The van der Waals surface area contributed by atoms with Gasteiger partial charge < -0.3 is 19.2 Å². The topological polar surface area (TPSA) is 73.1 Å². The van der Waals surface area contributed by atoms with E-state index in [0.717, 1.165) is 12.8 Å². The number of carbonyl (C=O) groups excluding carboxylic acids is 1. The summed E-state index contributed by atoms with van der Waals surface area (Å²) in [6.07, 6.45) is 1.85. The second kappa shape index (κ2) is 8.85. The van der Waals surface area contributed by atoms with Crippen molar-refractivity contribution < 1.29 is 23.1 Å². The first-order valence-corrected chi connectivity index (χ1v) is 9.94. The highest BCUT2D eigenvalue weighted by atomic mass is 35.5. The van der Waals surface area contributed by atoms with Gasteiger partial charge in [0.25, 0.3) is 5.91 Å². The quantitative estimate of drug-likeness (QED) is 0.652. The molecule has 1 atom stereocenters. The van der Waals surface area contributed by atoms with E-state index < -0.39 is 5.82 Å². The number of halogens is 2. The molecule has 156 valence electrons. The van der Waals surface area contributed by atoms with Crippen molar-refractivity contribution in [2.24, 2.45) is 4.99 Å². The van der Waals surface area contributed by atoms with Gasteiger partial charge in [0.1, 0.15) is 11.3 Å². The molecule has 1 amide bonds. The standard InChI is InChI=1S/C22H20ClFN2O4/c1-28-18-9-2-5-13-11-15(21(27)25-12-14-6-4-10-29-14)22(30-20(13)18)26-17-8-3-7-16(23)19(17)24/h2-3,5,7-9,11,14H,4,6,10,12H2,1H3,(H,25,27)/t14-/m0/s1. The molecular formula is C22H20ClFN2O4. The number of methoxy groups -OCH3 is 1. The molecule has 4 rings (SSSR count). The highest BCUT2D eigenvalue weighted by Crippen LogP contribution is 2.27. The number of fused-ring (bicyclic) bond motifs is 1. The molecule has 0 spiro atoms. The zero-order valence-electron chi connectivity index (χ0n) is 16.3. The number of nitrogens with one attached hydrogen (secondary N) is 1. The van der Waals surface area contributed by atoms with Gasteiger partial charge in [0.15, 0.2) is 17.1 Å². The van der Waals surface area contributed by atoms with E-state index in [9.17, 15) is 9.18 Å². The minimum Gasteiger partial charge on any atom is -0.493 e. The van der Waals surface area contributed by atoms with E-state index >= 15 is 0 Å². The molecule has 30 heavy (non-hydrogen) atoms. The van der Waals surface area contributed by atoms with Crippen molar-refractivity contribution in [2.75, 3.05) is 20.3 Å². The van der Waals surface area contributed by atoms with Gasteiger partial charge in [-0.2, -0.15) is 0 Å². The molecule has 1 aliphatic heterocycles. The van der Waals surface area contributed by atoms with Crippen LogP contribution in [0.2, 0.25) is 5.02 Å². The Bertz CT molecular complexity index is 1160. The minimum atomic E-state index is -0.694. The van der Waals surface area contributed by atoms with Crippen molar-refractivity contribution in [1.82, 2.24) is 5.32 Å². The molecule has 0 aliphatic carbocycles. The summed E-state index contributed by atoms with van der Waals surface area (Å²) >= 11 is 5.87. The molecule has 1 fully saturated rings. The fourth-order valence-corrected chi connectivity index (χ4v) is 3.50. The van der Waals surface area contributed by atoms with Gasteiger partial charge in [-0.3, -0.25) is 4.79 Å². The summed E-state index contributed by atoms with van der Waals surface area (Å²) < 4.78 is 31.2.